The molecule has 6 heteroatoms. The second-order valence-electron chi connectivity index (χ2n) is 5.93. The van der Waals surface area contributed by atoms with Crippen LogP contribution in [0.5, 0.6) is 11.5 Å². The largest absolute Gasteiger partial charge is 0.490 e. The Kier molecular flexibility index (Phi) is 8.09. The fourth-order valence-corrected chi connectivity index (χ4v) is 2.35. The van der Waals surface area contributed by atoms with Crippen LogP contribution >= 0.6 is 0 Å². The average molecular weight is 383 g/mol. The highest BCUT2D eigenvalue weighted by atomic mass is 16.5. The maximum atomic E-state index is 12.0. The molecule has 0 heterocycles. The van der Waals surface area contributed by atoms with Gasteiger partial charge >= 0.3 is 5.97 Å². The van der Waals surface area contributed by atoms with E-state index in [0.717, 1.165) is 11.1 Å². The van der Waals surface area contributed by atoms with Crippen LogP contribution in [0.15, 0.2) is 48.5 Å². The third-order valence-corrected chi connectivity index (χ3v) is 3.66. The fraction of sp³-hybridized carbons (Fsp3) is 0.273. The van der Waals surface area contributed by atoms with Crippen molar-refractivity contribution in [2.24, 2.45) is 0 Å². The Balaban J connectivity index is 1.86. The van der Waals surface area contributed by atoms with E-state index in [4.69, 9.17) is 14.2 Å². The molecule has 1 amide bonds. The molecule has 0 saturated carbocycles. The summed E-state index contributed by atoms with van der Waals surface area (Å²) in [6, 6.07) is 12.8. The van der Waals surface area contributed by atoms with Crippen molar-refractivity contribution in [2.45, 2.75) is 20.8 Å². The van der Waals surface area contributed by atoms with Crippen LogP contribution in [0.4, 0.5) is 5.69 Å². The smallest absolute Gasteiger partial charge is 0.331 e. The van der Waals surface area contributed by atoms with Crippen molar-refractivity contribution in [3.05, 3.63) is 59.7 Å². The van der Waals surface area contributed by atoms with Crippen LogP contribution < -0.4 is 14.8 Å². The number of nitrogens with one attached hydrogen (secondary N) is 1. The number of hydrogen-bond donors (Lipinski definition) is 1. The number of benzene rings is 2. The predicted octanol–water partition coefficient (Wildman–Crippen LogP) is 3.99. The van der Waals surface area contributed by atoms with Gasteiger partial charge in [-0.05, 0) is 44.5 Å². The Bertz CT molecular complexity index is 827. The van der Waals surface area contributed by atoms with Gasteiger partial charge in [0.1, 0.15) is 0 Å². The molecular weight excluding hydrogens is 358 g/mol. The third kappa shape index (κ3) is 6.79. The lowest BCUT2D eigenvalue weighted by Crippen LogP contribution is -2.20. The zero-order valence-corrected chi connectivity index (χ0v) is 16.4. The summed E-state index contributed by atoms with van der Waals surface area (Å²) in [6.45, 7) is 6.34. The summed E-state index contributed by atoms with van der Waals surface area (Å²) in [5, 5.41) is 2.67. The molecule has 0 aliphatic carbocycles. The minimum absolute atomic E-state index is 0.381. The number of hydrogen-bond acceptors (Lipinski definition) is 5. The van der Waals surface area contributed by atoms with E-state index in [2.05, 4.69) is 5.32 Å². The first kappa shape index (κ1) is 21.0. The first-order valence-corrected chi connectivity index (χ1v) is 9.12. The number of rotatable bonds is 9. The van der Waals surface area contributed by atoms with Crippen LogP contribution in [-0.2, 0) is 14.3 Å². The van der Waals surface area contributed by atoms with Gasteiger partial charge in [-0.15, -0.1) is 0 Å². The molecule has 0 spiro atoms. The van der Waals surface area contributed by atoms with Crippen LogP contribution in [0.25, 0.3) is 6.08 Å². The highest BCUT2D eigenvalue weighted by Crippen LogP contribution is 2.30. The molecule has 0 unspecified atom stereocenters. The van der Waals surface area contributed by atoms with E-state index >= 15 is 0 Å². The van der Waals surface area contributed by atoms with E-state index in [0.29, 0.717) is 30.4 Å². The zero-order chi connectivity index (χ0) is 20.4. The lowest BCUT2D eigenvalue weighted by atomic mass is 10.1. The first-order chi connectivity index (χ1) is 13.5. The van der Waals surface area contributed by atoms with E-state index in [9.17, 15) is 9.59 Å². The monoisotopic (exact) mass is 383 g/mol. The van der Waals surface area contributed by atoms with Crippen LogP contribution in [0.3, 0.4) is 0 Å². The molecule has 0 radical (unpaired) electrons. The average Bonchev–Trinajstić information content (AvgIpc) is 2.68. The molecule has 0 aliphatic rings. The molecule has 2 aromatic rings. The zero-order valence-electron chi connectivity index (χ0n) is 16.4. The van der Waals surface area contributed by atoms with Gasteiger partial charge in [-0.1, -0.05) is 29.8 Å². The van der Waals surface area contributed by atoms with Crippen molar-refractivity contribution in [1.29, 1.82) is 0 Å². The van der Waals surface area contributed by atoms with Gasteiger partial charge in [-0.25, -0.2) is 4.79 Å². The Morgan fingerprint density at radius 2 is 1.64 bits per heavy atom. The van der Waals surface area contributed by atoms with Gasteiger partial charge in [0.2, 0.25) is 0 Å². The number of carbonyl (C=O) groups excluding carboxylic acids is 2. The number of ether oxygens (including phenoxy) is 3. The van der Waals surface area contributed by atoms with E-state index in [1.54, 1.807) is 24.3 Å². The molecule has 2 rings (SSSR count). The minimum Gasteiger partial charge on any atom is -0.490 e. The van der Waals surface area contributed by atoms with Gasteiger partial charge in [0, 0.05) is 17.8 Å². The molecule has 28 heavy (non-hydrogen) atoms. The molecule has 0 bridgehead atoms. The van der Waals surface area contributed by atoms with Gasteiger partial charge < -0.3 is 19.5 Å². The van der Waals surface area contributed by atoms with E-state index in [1.165, 1.54) is 6.08 Å². The third-order valence-electron chi connectivity index (χ3n) is 3.66. The summed E-state index contributed by atoms with van der Waals surface area (Å²) >= 11 is 0. The summed E-state index contributed by atoms with van der Waals surface area (Å²) in [5.74, 6) is 0.122. The molecular formula is C22H25NO5. The van der Waals surface area contributed by atoms with Crippen molar-refractivity contribution in [2.75, 3.05) is 25.1 Å². The standard InChI is InChI=1S/C22H25NO5/c1-4-26-19-12-11-18(14-20(19)27-5-2)23-21(24)15-28-22(25)13-10-17-8-6-16(3)7-9-17/h6-14H,4-5,15H2,1-3H3,(H,23,24)/b13-10+. The summed E-state index contributed by atoms with van der Waals surface area (Å²) in [7, 11) is 0. The van der Waals surface area contributed by atoms with Crippen molar-refractivity contribution in [3.63, 3.8) is 0 Å². The van der Waals surface area contributed by atoms with Crippen LogP contribution in [0.1, 0.15) is 25.0 Å². The van der Waals surface area contributed by atoms with Crippen LogP contribution in [0.2, 0.25) is 0 Å². The Morgan fingerprint density at radius 1 is 0.964 bits per heavy atom. The van der Waals surface area contributed by atoms with Gasteiger partial charge in [0.15, 0.2) is 18.1 Å². The van der Waals surface area contributed by atoms with Crippen molar-refractivity contribution < 1.29 is 23.8 Å². The lowest BCUT2D eigenvalue weighted by Gasteiger charge is -2.13. The number of carbonyl (C=O) groups is 2. The minimum atomic E-state index is -0.586. The second-order valence-corrected chi connectivity index (χ2v) is 5.93. The quantitative estimate of drug-likeness (QED) is 0.524. The maximum absolute atomic E-state index is 12.0. The fourth-order valence-electron chi connectivity index (χ4n) is 2.35. The summed E-state index contributed by atoms with van der Waals surface area (Å²) in [5.41, 5.74) is 2.55. The predicted molar refractivity (Wildman–Crippen MR) is 109 cm³/mol. The Morgan fingerprint density at radius 3 is 2.32 bits per heavy atom. The highest BCUT2D eigenvalue weighted by molar-refractivity contribution is 5.94. The van der Waals surface area contributed by atoms with Crippen LogP contribution in [-0.4, -0.2) is 31.7 Å². The molecule has 6 nitrogen and oxygen atoms in total. The summed E-state index contributed by atoms with van der Waals surface area (Å²) in [4.78, 5) is 23.8. The number of amides is 1. The maximum Gasteiger partial charge on any atom is 0.331 e. The molecule has 0 fully saturated rings. The van der Waals surface area contributed by atoms with Crippen LogP contribution in [0, 0.1) is 6.92 Å². The molecule has 2 aromatic carbocycles. The van der Waals surface area contributed by atoms with E-state index in [-0.39, 0.29) is 6.61 Å². The normalized spacial score (nSPS) is 10.5. The first-order valence-electron chi connectivity index (χ1n) is 9.12. The SMILES string of the molecule is CCOc1ccc(NC(=O)COC(=O)/C=C/c2ccc(C)cc2)cc1OCC. The number of anilines is 1. The lowest BCUT2D eigenvalue weighted by molar-refractivity contribution is -0.142. The molecule has 1 N–H and O–H groups in total. The van der Waals surface area contributed by atoms with Gasteiger partial charge in [0.25, 0.3) is 5.91 Å². The molecule has 148 valence electrons. The Labute approximate surface area is 165 Å². The van der Waals surface area contributed by atoms with E-state index < -0.39 is 11.9 Å². The molecule has 0 aromatic heterocycles. The highest BCUT2D eigenvalue weighted by Gasteiger charge is 2.10. The van der Waals surface area contributed by atoms with Crippen molar-refractivity contribution in [1.82, 2.24) is 0 Å². The molecule has 0 atom stereocenters. The van der Waals surface area contributed by atoms with Gasteiger partial charge in [-0.3, -0.25) is 4.79 Å². The van der Waals surface area contributed by atoms with E-state index in [1.807, 2.05) is 45.0 Å². The van der Waals surface area contributed by atoms with Gasteiger partial charge in [0.05, 0.1) is 13.2 Å². The van der Waals surface area contributed by atoms with Gasteiger partial charge in [-0.2, -0.15) is 0 Å². The molecule has 0 saturated heterocycles. The van der Waals surface area contributed by atoms with Crippen molar-refractivity contribution in [3.8, 4) is 11.5 Å². The summed E-state index contributed by atoms with van der Waals surface area (Å²) < 4.78 is 16.0. The summed E-state index contributed by atoms with van der Waals surface area (Å²) in [6.07, 6.45) is 2.93. The number of esters is 1. The molecule has 0 aliphatic heterocycles. The second kappa shape index (κ2) is 10.8. The number of aryl methyl sites for hydroxylation is 1. The Hall–Kier alpha value is -3.28. The topological polar surface area (TPSA) is 73.9 Å². The van der Waals surface area contributed by atoms with Crippen molar-refractivity contribution >= 4 is 23.6 Å².